The van der Waals surface area contributed by atoms with Crippen LogP contribution in [0.3, 0.4) is 0 Å². The summed E-state index contributed by atoms with van der Waals surface area (Å²) in [5.74, 6) is 0. The van der Waals surface area contributed by atoms with Crippen molar-refractivity contribution in [1.29, 1.82) is 0 Å². The molecular weight excluding hydrogens is 610 g/mol. The number of rotatable bonds is 3. The third kappa shape index (κ3) is 3.99. The summed E-state index contributed by atoms with van der Waals surface area (Å²) in [4.78, 5) is 2.48. The van der Waals surface area contributed by atoms with Gasteiger partial charge in [0.15, 0.2) is 0 Å². The molecule has 0 amide bonds. The van der Waals surface area contributed by atoms with Crippen molar-refractivity contribution in [2.75, 3.05) is 4.90 Å². The van der Waals surface area contributed by atoms with E-state index >= 15 is 0 Å². The van der Waals surface area contributed by atoms with Crippen LogP contribution in [-0.2, 0) is 5.41 Å². The first-order valence-electron chi connectivity index (χ1n) is 15.5. The molecule has 214 valence electrons. The molecule has 1 nitrogen and oxygen atoms in total. The number of anilines is 3. The van der Waals surface area contributed by atoms with E-state index in [1.165, 1.54) is 83.5 Å². The topological polar surface area (TPSA) is 3.24 Å². The van der Waals surface area contributed by atoms with Crippen molar-refractivity contribution in [1.82, 2.24) is 0 Å². The summed E-state index contributed by atoms with van der Waals surface area (Å²) in [5, 5.41) is 2.56. The van der Waals surface area contributed by atoms with E-state index in [2.05, 4.69) is 180 Å². The third-order valence-electron chi connectivity index (χ3n) is 9.85. The van der Waals surface area contributed by atoms with Crippen molar-refractivity contribution in [3.05, 3.63) is 161 Å². The second kappa shape index (κ2) is 9.79. The first-order chi connectivity index (χ1) is 22.0. The summed E-state index contributed by atoms with van der Waals surface area (Å²) in [6.45, 7) is 4.71. The highest BCUT2D eigenvalue weighted by molar-refractivity contribution is 9.10. The maximum atomic E-state index is 3.57. The molecule has 9 rings (SSSR count). The summed E-state index contributed by atoms with van der Waals surface area (Å²) in [6.07, 6.45) is 0. The Labute approximate surface area is 272 Å². The van der Waals surface area contributed by atoms with Gasteiger partial charge in [-0.15, -0.1) is 0 Å². The third-order valence-corrected chi connectivity index (χ3v) is 10.4. The molecule has 0 aromatic heterocycles. The fraction of sp³-hybridized carbons (Fsp3) is 0.0698. The lowest BCUT2D eigenvalue weighted by molar-refractivity contribution is 0.660. The molecule has 0 saturated carbocycles. The van der Waals surface area contributed by atoms with Crippen LogP contribution >= 0.6 is 15.9 Å². The van der Waals surface area contributed by atoms with Gasteiger partial charge in [-0.05, 0) is 104 Å². The Kier molecular flexibility index (Phi) is 5.76. The number of hydrogen-bond acceptors (Lipinski definition) is 1. The van der Waals surface area contributed by atoms with Gasteiger partial charge in [0.2, 0.25) is 0 Å². The molecule has 0 unspecified atom stereocenters. The first kappa shape index (κ1) is 26.5. The number of halogens is 1. The highest BCUT2D eigenvalue weighted by Gasteiger charge is 2.36. The maximum absolute atomic E-state index is 3.57. The second-order valence-electron chi connectivity index (χ2n) is 12.7. The van der Waals surface area contributed by atoms with Crippen molar-refractivity contribution in [2.45, 2.75) is 19.3 Å². The molecule has 0 spiro atoms. The zero-order valence-corrected chi connectivity index (χ0v) is 26.8. The standard InChI is InChI=1S/C43H30BrN/c1-43(2)38-14-4-3-12-34(38)35-22-21-33(26-39(35)43)45-40-23-18-31(30-11-5-10-29(24-30)27-16-19-32(44)20-17-27)25-37(40)36-13-6-8-28-9-7-15-41(45)42(28)36/h3-26H,1-2H3. The normalized spacial score (nSPS) is 13.8. The van der Waals surface area contributed by atoms with Crippen molar-refractivity contribution in [3.63, 3.8) is 0 Å². The minimum atomic E-state index is -0.0613. The van der Waals surface area contributed by atoms with Gasteiger partial charge in [0.1, 0.15) is 0 Å². The van der Waals surface area contributed by atoms with E-state index in [1.54, 1.807) is 0 Å². The minimum Gasteiger partial charge on any atom is -0.309 e. The number of benzene rings is 7. The van der Waals surface area contributed by atoms with E-state index < -0.39 is 0 Å². The average Bonchev–Trinajstić information content (AvgIpc) is 3.31. The van der Waals surface area contributed by atoms with Gasteiger partial charge in [0.05, 0.1) is 11.4 Å². The zero-order chi connectivity index (χ0) is 30.3. The summed E-state index contributed by atoms with van der Waals surface area (Å²) < 4.78 is 1.09. The SMILES string of the molecule is CC1(C)c2ccccc2-c2ccc(N3c4ccc(-c5cccc(-c6ccc(Br)cc6)c5)cc4-c4cccc5cccc3c45)cc21. The molecule has 0 N–H and O–H groups in total. The molecule has 1 aliphatic carbocycles. The van der Waals surface area contributed by atoms with E-state index in [0.29, 0.717) is 0 Å². The van der Waals surface area contributed by atoms with Crippen LogP contribution in [0.2, 0.25) is 0 Å². The quantitative estimate of drug-likeness (QED) is 0.186. The molecule has 0 saturated heterocycles. The lowest BCUT2D eigenvalue weighted by Gasteiger charge is -2.34. The number of nitrogens with zero attached hydrogens (tertiary/aromatic N) is 1. The van der Waals surface area contributed by atoms with Gasteiger partial charge in [-0.2, -0.15) is 0 Å². The number of hydrogen-bond donors (Lipinski definition) is 0. The van der Waals surface area contributed by atoms with Crippen LogP contribution in [0.4, 0.5) is 17.1 Å². The predicted molar refractivity (Wildman–Crippen MR) is 194 cm³/mol. The van der Waals surface area contributed by atoms with Gasteiger partial charge >= 0.3 is 0 Å². The molecule has 7 aromatic rings. The lowest BCUT2D eigenvalue weighted by Crippen LogP contribution is -2.18. The molecule has 2 aliphatic rings. The Morgan fingerprint density at radius 2 is 1.13 bits per heavy atom. The molecule has 1 heterocycles. The zero-order valence-electron chi connectivity index (χ0n) is 25.2. The fourth-order valence-electron chi connectivity index (χ4n) is 7.62. The van der Waals surface area contributed by atoms with Gasteiger partial charge in [-0.1, -0.05) is 127 Å². The van der Waals surface area contributed by atoms with Crippen LogP contribution in [0.25, 0.3) is 55.3 Å². The summed E-state index contributed by atoms with van der Waals surface area (Å²) in [7, 11) is 0. The maximum Gasteiger partial charge on any atom is 0.0546 e. The number of fused-ring (bicyclic) bond motifs is 5. The van der Waals surface area contributed by atoms with E-state index in [1.807, 2.05) is 0 Å². The molecule has 0 bridgehead atoms. The van der Waals surface area contributed by atoms with Gasteiger partial charge < -0.3 is 4.90 Å². The minimum absolute atomic E-state index is 0.0613. The first-order valence-corrected chi connectivity index (χ1v) is 16.3. The molecule has 45 heavy (non-hydrogen) atoms. The molecule has 1 aliphatic heterocycles. The molecule has 2 heteroatoms. The molecule has 0 radical (unpaired) electrons. The molecule has 7 aromatic carbocycles. The van der Waals surface area contributed by atoms with E-state index in [4.69, 9.17) is 0 Å². The van der Waals surface area contributed by atoms with Crippen molar-refractivity contribution < 1.29 is 0 Å². The van der Waals surface area contributed by atoms with Crippen LogP contribution < -0.4 is 4.90 Å². The highest BCUT2D eigenvalue weighted by Crippen LogP contribution is 2.54. The van der Waals surface area contributed by atoms with E-state index in [-0.39, 0.29) is 5.41 Å². The molecular formula is C43H30BrN. The van der Waals surface area contributed by atoms with Gasteiger partial charge in [-0.3, -0.25) is 0 Å². The van der Waals surface area contributed by atoms with E-state index in [0.717, 1.165) is 4.47 Å². The molecule has 0 fully saturated rings. The van der Waals surface area contributed by atoms with Gasteiger partial charge in [0.25, 0.3) is 0 Å². The summed E-state index contributed by atoms with van der Waals surface area (Å²) in [6, 6.07) is 53.8. The monoisotopic (exact) mass is 639 g/mol. The Hall–Kier alpha value is -4.92. The van der Waals surface area contributed by atoms with Gasteiger partial charge in [-0.25, -0.2) is 0 Å². The van der Waals surface area contributed by atoms with Crippen LogP contribution in [0, 0.1) is 0 Å². The van der Waals surface area contributed by atoms with Crippen molar-refractivity contribution >= 4 is 43.8 Å². The predicted octanol–water partition coefficient (Wildman–Crippen LogP) is 12.7. The summed E-state index contributed by atoms with van der Waals surface area (Å²) >= 11 is 3.57. The Balaban J connectivity index is 1.23. The van der Waals surface area contributed by atoms with Crippen LogP contribution in [0.5, 0.6) is 0 Å². The Bertz CT molecular complexity index is 2310. The average molecular weight is 641 g/mol. The molecule has 0 atom stereocenters. The Morgan fingerprint density at radius 3 is 1.98 bits per heavy atom. The second-order valence-corrected chi connectivity index (χ2v) is 13.7. The van der Waals surface area contributed by atoms with Gasteiger partial charge in [0, 0.05) is 26.5 Å². The van der Waals surface area contributed by atoms with Crippen molar-refractivity contribution in [3.8, 4) is 44.5 Å². The van der Waals surface area contributed by atoms with Crippen molar-refractivity contribution in [2.24, 2.45) is 0 Å². The summed E-state index contributed by atoms with van der Waals surface area (Å²) in [5.41, 5.74) is 16.5. The Morgan fingerprint density at radius 1 is 0.467 bits per heavy atom. The van der Waals surface area contributed by atoms with E-state index in [9.17, 15) is 0 Å². The fourth-order valence-corrected chi connectivity index (χ4v) is 7.88. The van der Waals surface area contributed by atoms with Crippen LogP contribution in [-0.4, -0.2) is 0 Å². The lowest BCUT2D eigenvalue weighted by atomic mass is 9.82. The smallest absolute Gasteiger partial charge is 0.0546 e. The largest absolute Gasteiger partial charge is 0.309 e. The van der Waals surface area contributed by atoms with Crippen LogP contribution in [0.1, 0.15) is 25.0 Å². The highest BCUT2D eigenvalue weighted by atomic mass is 79.9. The van der Waals surface area contributed by atoms with Crippen LogP contribution in [0.15, 0.2) is 150 Å².